The molecule has 0 saturated carbocycles. The van der Waals surface area contributed by atoms with Crippen LogP contribution in [0.1, 0.15) is 4.88 Å². The molecular formula is C15H11ClFNS2. The number of benzene rings is 1. The molecular weight excluding hydrogens is 313 g/mol. The summed E-state index contributed by atoms with van der Waals surface area (Å²) in [5.41, 5.74) is 1.57. The Bertz CT molecular complexity index is 686. The van der Waals surface area contributed by atoms with E-state index in [0.29, 0.717) is 17.3 Å². The first-order valence-electron chi connectivity index (χ1n) is 6.03. The maximum atomic E-state index is 13.6. The fourth-order valence-electron chi connectivity index (χ4n) is 1.89. The first-order chi connectivity index (χ1) is 9.74. The fraction of sp³-hybridized carbons (Fsp3) is 0.0667. The van der Waals surface area contributed by atoms with Gasteiger partial charge in [-0.25, -0.2) is 4.39 Å². The first-order valence-corrected chi connectivity index (χ1v) is 8.17. The molecule has 5 heteroatoms. The van der Waals surface area contributed by atoms with E-state index in [9.17, 15) is 4.39 Å². The van der Waals surface area contributed by atoms with Crippen LogP contribution in [0.4, 0.5) is 10.1 Å². The highest BCUT2D eigenvalue weighted by molar-refractivity contribution is 7.14. The van der Waals surface area contributed by atoms with Gasteiger partial charge in [0.15, 0.2) is 0 Å². The van der Waals surface area contributed by atoms with E-state index in [-0.39, 0.29) is 5.82 Å². The van der Waals surface area contributed by atoms with Crippen molar-refractivity contribution in [2.75, 3.05) is 5.32 Å². The highest BCUT2D eigenvalue weighted by Crippen LogP contribution is 2.30. The average molecular weight is 324 g/mol. The van der Waals surface area contributed by atoms with E-state index in [1.165, 1.54) is 16.5 Å². The molecule has 0 amide bonds. The average Bonchev–Trinajstić information content (AvgIpc) is 3.09. The highest BCUT2D eigenvalue weighted by Gasteiger charge is 2.08. The molecule has 0 aliphatic heterocycles. The molecule has 1 N–H and O–H groups in total. The third kappa shape index (κ3) is 2.87. The second kappa shape index (κ2) is 5.95. The number of hydrogen-bond donors (Lipinski definition) is 1. The molecule has 2 heterocycles. The van der Waals surface area contributed by atoms with E-state index in [1.807, 2.05) is 6.07 Å². The second-order valence-electron chi connectivity index (χ2n) is 4.23. The van der Waals surface area contributed by atoms with E-state index >= 15 is 0 Å². The molecule has 0 unspecified atom stereocenters. The Labute approximate surface area is 129 Å². The summed E-state index contributed by atoms with van der Waals surface area (Å²) in [5, 5.41) is 7.64. The molecule has 0 aliphatic carbocycles. The van der Waals surface area contributed by atoms with Crippen LogP contribution < -0.4 is 5.32 Å². The van der Waals surface area contributed by atoms with Gasteiger partial charge in [0, 0.05) is 21.9 Å². The van der Waals surface area contributed by atoms with Crippen molar-refractivity contribution >= 4 is 40.0 Å². The van der Waals surface area contributed by atoms with Crippen LogP contribution in [0, 0.1) is 5.82 Å². The summed E-state index contributed by atoms with van der Waals surface area (Å²) in [6.45, 7) is 0.566. The van der Waals surface area contributed by atoms with Crippen LogP contribution in [0.15, 0.2) is 47.2 Å². The maximum absolute atomic E-state index is 13.6. The van der Waals surface area contributed by atoms with Crippen LogP contribution in [0.25, 0.3) is 10.4 Å². The molecule has 1 nitrogen and oxygen atoms in total. The van der Waals surface area contributed by atoms with Crippen molar-refractivity contribution in [3.05, 3.63) is 62.9 Å². The van der Waals surface area contributed by atoms with Crippen LogP contribution in [-0.4, -0.2) is 0 Å². The molecule has 0 bridgehead atoms. The van der Waals surface area contributed by atoms with E-state index in [2.05, 4.69) is 28.2 Å². The minimum absolute atomic E-state index is 0.326. The minimum Gasteiger partial charge on any atom is -0.377 e. The van der Waals surface area contributed by atoms with E-state index < -0.39 is 0 Å². The smallest absolute Gasteiger partial charge is 0.147 e. The lowest BCUT2D eigenvalue weighted by atomic mass is 10.2. The molecule has 0 radical (unpaired) electrons. The largest absolute Gasteiger partial charge is 0.377 e. The summed E-state index contributed by atoms with van der Waals surface area (Å²) in [5.74, 6) is -0.326. The Hall–Kier alpha value is -1.36. The van der Waals surface area contributed by atoms with Crippen LogP contribution in [-0.2, 0) is 6.54 Å². The SMILES string of the molecule is Fc1cccc(Cl)c1NCc1cc(-c2cccs2)cs1. The van der Waals surface area contributed by atoms with Crippen LogP contribution in [0.3, 0.4) is 0 Å². The van der Waals surface area contributed by atoms with E-state index in [1.54, 1.807) is 34.8 Å². The number of halogens is 2. The van der Waals surface area contributed by atoms with Crippen LogP contribution >= 0.6 is 34.3 Å². The van der Waals surface area contributed by atoms with Crippen molar-refractivity contribution in [2.24, 2.45) is 0 Å². The molecule has 3 rings (SSSR count). The fourth-order valence-corrected chi connectivity index (χ4v) is 3.73. The number of hydrogen-bond acceptors (Lipinski definition) is 3. The Morgan fingerprint density at radius 3 is 2.80 bits per heavy atom. The topological polar surface area (TPSA) is 12.0 Å². The normalized spacial score (nSPS) is 10.7. The lowest BCUT2D eigenvalue weighted by molar-refractivity contribution is 0.630. The first kappa shape index (κ1) is 13.6. The lowest BCUT2D eigenvalue weighted by Crippen LogP contribution is -2.00. The highest BCUT2D eigenvalue weighted by atomic mass is 35.5. The molecule has 0 atom stereocenters. The Balaban J connectivity index is 1.73. The molecule has 2 aromatic heterocycles. The predicted molar refractivity (Wildman–Crippen MR) is 86.4 cm³/mol. The third-order valence-corrected chi connectivity index (χ3v) is 5.03. The summed E-state index contributed by atoms with van der Waals surface area (Å²) in [6, 6.07) is 10.9. The summed E-state index contributed by atoms with van der Waals surface area (Å²) < 4.78 is 13.6. The quantitative estimate of drug-likeness (QED) is 0.632. The molecule has 20 heavy (non-hydrogen) atoms. The molecule has 0 aliphatic rings. The monoisotopic (exact) mass is 323 g/mol. The molecule has 102 valence electrons. The third-order valence-electron chi connectivity index (χ3n) is 2.86. The van der Waals surface area contributed by atoms with Crippen molar-refractivity contribution in [1.82, 2.24) is 0 Å². The van der Waals surface area contributed by atoms with E-state index in [0.717, 1.165) is 4.88 Å². The molecule has 0 fully saturated rings. The summed E-state index contributed by atoms with van der Waals surface area (Å²) >= 11 is 9.36. The van der Waals surface area contributed by atoms with Gasteiger partial charge < -0.3 is 5.32 Å². The van der Waals surface area contributed by atoms with Crippen molar-refractivity contribution in [3.63, 3.8) is 0 Å². The van der Waals surface area contributed by atoms with Gasteiger partial charge in [0.05, 0.1) is 10.7 Å². The van der Waals surface area contributed by atoms with Gasteiger partial charge in [0.2, 0.25) is 0 Å². The molecule has 0 saturated heterocycles. The zero-order valence-corrected chi connectivity index (χ0v) is 12.8. The second-order valence-corrected chi connectivity index (χ2v) is 6.58. The number of thiophene rings is 2. The number of nitrogens with one attached hydrogen (secondary N) is 1. The number of para-hydroxylation sites is 1. The number of rotatable bonds is 4. The standard InChI is InChI=1S/C15H11ClFNS2/c16-12-3-1-4-13(17)15(12)18-8-11-7-10(9-20-11)14-5-2-6-19-14/h1-7,9,18H,8H2. The Morgan fingerprint density at radius 1 is 1.15 bits per heavy atom. The van der Waals surface area contributed by atoms with Crippen LogP contribution in [0.2, 0.25) is 5.02 Å². The number of anilines is 1. The molecule has 0 spiro atoms. The van der Waals surface area contributed by atoms with Crippen molar-refractivity contribution in [1.29, 1.82) is 0 Å². The zero-order valence-electron chi connectivity index (χ0n) is 10.4. The van der Waals surface area contributed by atoms with Crippen molar-refractivity contribution in [3.8, 4) is 10.4 Å². The Morgan fingerprint density at radius 2 is 2.05 bits per heavy atom. The van der Waals surface area contributed by atoms with Gasteiger partial charge in [-0.3, -0.25) is 0 Å². The van der Waals surface area contributed by atoms with Crippen molar-refractivity contribution < 1.29 is 4.39 Å². The zero-order chi connectivity index (χ0) is 13.9. The van der Waals surface area contributed by atoms with E-state index in [4.69, 9.17) is 11.6 Å². The summed E-state index contributed by atoms with van der Waals surface area (Å²) in [4.78, 5) is 2.39. The predicted octanol–water partition coefficient (Wildman–Crippen LogP) is 5.88. The maximum Gasteiger partial charge on any atom is 0.147 e. The van der Waals surface area contributed by atoms with Gasteiger partial charge in [-0.1, -0.05) is 23.7 Å². The van der Waals surface area contributed by atoms with Gasteiger partial charge in [-0.15, -0.1) is 22.7 Å². The van der Waals surface area contributed by atoms with Gasteiger partial charge in [-0.2, -0.15) is 0 Å². The lowest BCUT2D eigenvalue weighted by Gasteiger charge is -2.07. The molecule has 3 aromatic rings. The van der Waals surface area contributed by atoms with Gasteiger partial charge in [0.25, 0.3) is 0 Å². The Kier molecular flexibility index (Phi) is 4.05. The van der Waals surface area contributed by atoms with Gasteiger partial charge in [-0.05, 0) is 35.0 Å². The summed E-state index contributed by atoms with van der Waals surface area (Å²) in [6.07, 6.45) is 0. The van der Waals surface area contributed by atoms with Crippen LogP contribution in [0.5, 0.6) is 0 Å². The van der Waals surface area contributed by atoms with Crippen molar-refractivity contribution in [2.45, 2.75) is 6.54 Å². The molecule has 1 aromatic carbocycles. The van der Waals surface area contributed by atoms with Gasteiger partial charge >= 0.3 is 0 Å². The minimum atomic E-state index is -0.326. The van der Waals surface area contributed by atoms with Gasteiger partial charge in [0.1, 0.15) is 5.82 Å². The summed E-state index contributed by atoms with van der Waals surface area (Å²) in [7, 11) is 0.